The Morgan fingerprint density at radius 2 is 2.11 bits per heavy atom. The van der Waals surface area contributed by atoms with Crippen molar-refractivity contribution in [2.45, 2.75) is 26.1 Å². The van der Waals surface area contributed by atoms with E-state index in [0.29, 0.717) is 22.0 Å². The molecular weight excluding hydrogens is 382 g/mol. The summed E-state index contributed by atoms with van der Waals surface area (Å²) >= 11 is 1.20. The van der Waals surface area contributed by atoms with Crippen molar-refractivity contribution >= 4 is 39.8 Å². The lowest BCUT2D eigenvalue weighted by atomic mass is 10.2. The number of para-hydroxylation sites is 2. The van der Waals surface area contributed by atoms with Gasteiger partial charge in [0.1, 0.15) is 16.8 Å². The summed E-state index contributed by atoms with van der Waals surface area (Å²) in [7, 11) is 0. The number of fused-ring (bicyclic) bond motifs is 1. The number of amides is 2. The number of carbonyl (C=O) groups excluding carboxylic acids is 3. The molecule has 1 aromatic carbocycles. The van der Waals surface area contributed by atoms with Gasteiger partial charge in [-0.2, -0.15) is 5.26 Å². The Labute approximate surface area is 165 Å². The van der Waals surface area contributed by atoms with Gasteiger partial charge in [-0.15, -0.1) is 11.3 Å². The summed E-state index contributed by atoms with van der Waals surface area (Å²) in [5.41, 5.74) is 0.910. The molecule has 1 N–H and O–H groups in total. The molecule has 0 spiro atoms. The second-order valence-corrected chi connectivity index (χ2v) is 6.96. The molecule has 9 heteroatoms. The van der Waals surface area contributed by atoms with Crippen LogP contribution in [0.15, 0.2) is 35.7 Å². The summed E-state index contributed by atoms with van der Waals surface area (Å²) in [6.45, 7) is 2.81. The maximum absolute atomic E-state index is 12.5. The van der Waals surface area contributed by atoms with Crippen molar-refractivity contribution in [1.29, 1.82) is 5.26 Å². The smallest absolute Gasteiger partial charge is 0.350 e. The molecule has 1 aliphatic rings. The van der Waals surface area contributed by atoms with Crippen LogP contribution in [0.2, 0.25) is 0 Å². The molecule has 0 aliphatic carbocycles. The number of nitriles is 1. The Hall–Kier alpha value is -3.38. The average molecular weight is 399 g/mol. The van der Waals surface area contributed by atoms with E-state index in [0.717, 1.165) is 0 Å². The molecule has 0 unspecified atom stereocenters. The number of thiophene rings is 1. The number of carbonyl (C=O) groups is 3. The monoisotopic (exact) mass is 399 g/mol. The molecule has 28 heavy (non-hydrogen) atoms. The highest BCUT2D eigenvalue weighted by Gasteiger charge is 2.35. The van der Waals surface area contributed by atoms with E-state index >= 15 is 0 Å². The molecule has 8 nitrogen and oxygen atoms in total. The van der Waals surface area contributed by atoms with Crippen molar-refractivity contribution in [1.82, 2.24) is 0 Å². The fourth-order valence-corrected chi connectivity index (χ4v) is 3.41. The number of hydrogen-bond acceptors (Lipinski definition) is 7. The summed E-state index contributed by atoms with van der Waals surface area (Å²) in [6, 6.07) is 10.4. The van der Waals surface area contributed by atoms with Gasteiger partial charge in [-0.3, -0.25) is 9.59 Å². The molecule has 2 amide bonds. The van der Waals surface area contributed by atoms with Gasteiger partial charge in [0.15, 0.2) is 6.10 Å². The molecular formula is C19H17N3O5S. The third-order valence-corrected chi connectivity index (χ3v) is 4.93. The Morgan fingerprint density at radius 1 is 1.36 bits per heavy atom. The first-order valence-corrected chi connectivity index (χ1v) is 9.31. The number of anilines is 2. The van der Waals surface area contributed by atoms with Crippen LogP contribution in [0.3, 0.4) is 0 Å². The van der Waals surface area contributed by atoms with E-state index in [1.165, 1.54) is 30.1 Å². The first kappa shape index (κ1) is 19.4. The highest BCUT2D eigenvalue weighted by Crippen LogP contribution is 2.33. The van der Waals surface area contributed by atoms with Gasteiger partial charge in [0.05, 0.1) is 17.8 Å². The number of nitrogens with one attached hydrogen (secondary N) is 1. The highest BCUT2D eigenvalue weighted by atomic mass is 32.1. The molecule has 2 atom stereocenters. The first-order chi connectivity index (χ1) is 13.4. The SMILES string of the molecule is CC(=O)N1C[C@@H](C(=O)O[C@H](C)C(=O)Nc2sccc2C#N)Oc2ccccc21. The lowest BCUT2D eigenvalue weighted by Gasteiger charge is -2.33. The van der Waals surface area contributed by atoms with Crippen molar-refractivity contribution in [2.24, 2.45) is 0 Å². The van der Waals surface area contributed by atoms with Crippen LogP contribution >= 0.6 is 11.3 Å². The Kier molecular flexibility index (Phi) is 5.61. The maximum Gasteiger partial charge on any atom is 0.350 e. The molecule has 2 aromatic rings. The van der Waals surface area contributed by atoms with Crippen LogP contribution in [0.4, 0.5) is 10.7 Å². The van der Waals surface area contributed by atoms with E-state index < -0.39 is 24.1 Å². The van der Waals surface area contributed by atoms with Gasteiger partial charge in [-0.25, -0.2) is 4.79 Å². The Morgan fingerprint density at radius 3 is 2.82 bits per heavy atom. The van der Waals surface area contributed by atoms with Crippen LogP contribution < -0.4 is 15.0 Å². The topological polar surface area (TPSA) is 109 Å². The van der Waals surface area contributed by atoms with Crippen molar-refractivity contribution in [3.63, 3.8) is 0 Å². The van der Waals surface area contributed by atoms with E-state index in [4.69, 9.17) is 14.7 Å². The van der Waals surface area contributed by atoms with Crippen LogP contribution in [0, 0.1) is 11.3 Å². The number of benzene rings is 1. The lowest BCUT2D eigenvalue weighted by Crippen LogP contribution is -2.48. The minimum Gasteiger partial charge on any atom is -0.475 e. The molecule has 2 heterocycles. The van der Waals surface area contributed by atoms with Gasteiger partial charge >= 0.3 is 5.97 Å². The predicted octanol–water partition coefficient (Wildman–Crippen LogP) is 2.30. The van der Waals surface area contributed by atoms with Crippen LogP contribution in [-0.2, 0) is 19.1 Å². The van der Waals surface area contributed by atoms with Gasteiger partial charge in [0.25, 0.3) is 5.91 Å². The van der Waals surface area contributed by atoms with Gasteiger partial charge in [-0.05, 0) is 30.5 Å². The van der Waals surface area contributed by atoms with Gasteiger partial charge in [0.2, 0.25) is 12.0 Å². The summed E-state index contributed by atoms with van der Waals surface area (Å²) in [5, 5.41) is 13.6. The number of ether oxygens (including phenoxy) is 2. The number of hydrogen-bond donors (Lipinski definition) is 1. The molecule has 144 valence electrons. The minimum absolute atomic E-state index is 0.0109. The van der Waals surface area contributed by atoms with Crippen LogP contribution in [0.5, 0.6) is 5.75 Å². The van der Waals surface area contributed by atoms with Crippen molar-refractivity contribution in [3.8, 4) is 11.8 Å². The molecule has 1 aliphatic heterocycles. The second kappa shape index (κ2) is 8.10. The summed E-state index contributed by atoms with van der Waals surface area (Å²) in [6.07, 6.45) is -2.15. The Balaban J connectivity index is 1.66. The minimum atomic E-state index is -1.10. The summed E-state index contributed by atoms with van der Waals surface area (Å²) < 4.78 is 10.9. The molecule has 3 rings (SSSR count). The molecule has 0 saturated carbocycles. The van der Waals surface area contributed by atoms with Crippen molar-refractivity contribution in [2.75, 3.05) is 16.8 Å². The van der Waals surface area contributed by atoms with Crippen LogP contribution in [0.1, 0.15) is 19.4 Å². The van der Waals surface area contributed by atoms with Crippen molar-refractivity contribution < 1.29 is 23.9 Å². The zero-order chi connectivity index (χ0) is 20.3. The number of esters is 1. The maximum atomic E-state index is 12.5. The molecule has 1 aromatic heterocycles. The third-order valence-electron chi connectivity index (χ3n) is 4.10. The summed E-state index contributed by atoms with van der Waals surface area (Å²) in [5.74, 6) is -1.16. The van der Waals surface area contributed by atoms with Crippen LogP contribution in [-0.4, -0.2) is 36.5 Å². The van der Waals surface area contributed by atoms with E-state index in [2.05, 4.69) is 5.32 Å². The zero-order valence-electron chi connectivity index (χ0n) is 15.2. The number of nitrogens with zero attached hydrogens (tertiary/aromatic N) is 2. The van der Waals surface area contributed by atoms with E-state index in [-0.39, 0.29) is 12.5 Å². The second-order valence-electron chi connectivity index (χ2n) is 6.05. The van der Waals surface area contributed by atoms with Crippen LogP contribution in [0.25, 0.3) is 0 Å². The van der Waals surface area contributed by atoms with Gasteiger partial charge in [0, 0.05) is 6.92 Å². The highest BCUT2D eigenvalue weighted by molar-refractivity contribution is 7.14. The first-order valence-electron chi connectivity index (χ1n) is 8.43. The Bertz CT molecular complexity index is 964. The average Bonchev–Trinajstić information content (AvgIpc) is 3.13. The number of rotatable bonds is 4. The molecule has 0 bridgehead atoms. The fourth-order valence-electron chi connectivity index (χ4n) is 2.67. The third kappa shape index (κ3) is 3.97. The molecule has 0 fully saturated rings. The molecule has 0 radical (unpaired) electrons. The zero-order valence-corrected chi connectivity index (χ0v) is 16.0. The lowest BCUT2D eigenvalue weighted by molar-refractivity contribution is -0.160. The quantitative estimate of drug-likeness (QED) is 0.790. The molecule has 0 saturated heterocycles. The van der Waals surface area contributed by atoms with E-state index in [1.54, 1.807) is 35.7 Å². The van der Waals surface area contributed by atoms with E-state index in [9.17, 15) is 14.4 Å². The summed E-state index contributed by atoms with van der Waals surface area (Å²) in [4.78, 5) is 38.1. The fraction of sp³-hybridized carbons (Fsp3) is 0.263. The van der Waals surface area contributed by atoms with Crippen molar-refractivity contribution in [3.05, 3.63) is 41.3 Å². The van der Waals surface area contributed by atoms with Gasteiger partial charge in [-0.1, -0.05) is 12.1 Å². The standard InChI is InChI=1S/C19H17N3O5S/c1-11(17(24)21-18-13(9-20)7-8-28-18)26-19(25)16-10-22(12(2)23)14-5-3-4-6-15(14)27-16/h3-8,11,16H,10H2,1-2H3,(H,21,24)/t11-,16+/m1/s1. The normalized spacial score (nSPS) is 16.2. The predicted molar refractivity (Wildman–Crippen MR) is 102 cm³/mol. The largest absolute Gasteiger partial charge is 0.475 e. The van der Waals surface area contributed by atoms with E-state index in [1.807, 2.05) is 6.07 Å². The van der Waals surface area contributed by atoms with Gasteiger partial charge < -0.3 is 19.7 Å².